The van der Waals surface area contributed by atoms with Crippen molar-refractivity contribution in [3.63, 3.8) is 0 Å². The molecule has 1 aromatic carbocycles. The van der Waals surface area contributed by atoms with Crippen molar-refractivity contribution in [3.8, 4) is 5.75 Å². The van der Waals surface area contributed by atoms with Crippen LogP contribution in [0, 0.1) is 11.8 Å². The van der Waals surface area contributed by atoms with Crippen LogP contribution in [0.5, 0.6) is 5.75 Å². The number of para-hydroxylation sites is 1. The summed E-state index contributed by atoms with van der Waals surface area (Å²) < 4.78 is 10.6. The monoisotopic (exact) mass is 293 g/mol. The molecule has 1 rings (SSSR count). The average molecular weight is 293 g/mol. The van der Waals surface area contributed by atoms with E-state index < -0.39 is 0 Å². The summed E-state index contributed by atoms with van der Waals surface area (Å²) in [6.45, 7) is 7.32. The summed E-state index contributed by atoms with van der Waals surface area (Å²) in [6.07, 6.45) is 3.55. The minimum absolute atomic E-state index is 0.633. The van der Waals surface area contributed by atoms with Gasteiger partial charge in [-0.05, 0) is 42.9 Å². The predicted molar refractivity (Wildman–Crippen MR) is 89.0 cm³/mol. The maximum atomic E-state index is 5.48. The van der Waals surface area contributed by atoms with Crippen molar-refractivity contribution in [2.45, 2.75) is 33.1 Å². The molecule has 0 radical (unpaired) electrons. The van der Waals surface area contributed by atoms with E-state index in [1.165, 1.54) is 18.4 Å². The van der Waals surface area contributed by atoms with Gasteiger partial charge >= 0.3 is 0 Å². The van der Waals surface area contributed by atoms with E-state index in [4.69, 9.17) is 9.47 Å². The van der Waals surface area contributed by atoms with Crippen molar-refractivity contribution < 1.29 is 9.47 Å². The molecule has 0 saturated heterocycles. The third-order valence-electron chi connectivity index (χ3n) is 4.05. The Labute approximate surface area is 130 Å². The van der Waals surface area contributed by atoms with Crippen molar-refractivity contribution in [2.24, 2.45) is 11.8 Å². The van der Waals surface area contributed by atoms with Crippen LogP contribution in [0.2, 0.25) is 0 Å². The van der Waals surface area contributed by atoms with Gasteiger partial charge in [-0.1, -0.05) is 38.5 Å². The van der Waals surface area contributed by atoms with Gasteiger partial charge in [-0.3, -0.25) is 0 Å². The lowest BCUT2D eigenvalue weighted by atomic mass is 9.88. The lowest BCUT2D eigenvalue weighted by Gasteiger charge is -2.22. The quantitative estimate of drug-likeness (QED) is 0.633. The van der Waals surface area contributed by atoms with Crippen LogP contribution < -0.4 is 10.1 Å². The van der Waals surface area contributed by atoms with Gasteiger partial charge in [0.2, 0.25) is 0 Å². The molecule has 3 heteroatoms. The zero-order valence-corrected chi connectivity index (χ0v) is 14.0. The molecule has 0 aliphatic heterocycles. The highest BCUT2D eigenvalue weighted by Gasteiger charge is 2.15. The van der Waals surface area contributed by atoms with Crippen LogP contribution in [-0.2, 0) is 11.2 Å². The number of hydrogen-bond acceptors (Lipinski definition) is 3. The number of benzene rings is 1. The molecule has 0 aliphatic rings. The molecule has 2 unspecified atom stereocenters. The summed E-state index contributed by atoms with van der Waals surface area (Å²) in [5, 5.41) is 3.51. The van der Waals surface area contributed by atoms with E-state index in [1.54, 1.807) is 14.2 Å². The largest absolute Gasteiger partial charge is 0.496 e. The number of methoxy groups -OCH3 is 2. The molecule has 0 aromatic heterocycles. The Morgan fingerprint density at radius 3 is 2.62 bits per heavy atom. The predicted octanol–water partition coefficient (Wildman–Crippen LogP) is 3.53. The fraction of sp³-hybridized carbons (Fsp3) is 0.667. The van der Waals surface area contributed by atoms with Gasteiger partial charge < -0.3 is 14.8 Å². The van der Waals surface area contributed by atoms with Crippen LogP contribution in [0.4, 0.5) is 0 Å². The third-order valence-corrected chi connectivity index (χ3v) is 4.05. The van der Waals surface area contributed by atoms with Crippen LogP contribution in [0.3, 0.4) is 0 Å². The second kappa shape index (κ2) is 10.6. The zero-order valence-electron chi connectivity index (χ0n) is 14.0. The maximum Gasteiger partial charge on any atom is 0.122 e. The topological polar surface area (TPSA) is 30.5 Å². The molecule has 1 N–H and O–H groups in total. The van der Waals surface area contributed by atoms with Gasteiger partial charge in [-0.15, -0.1) is 0 Å². The van der Waals surface area contributed by atoms with Crippen LogP contribution in [0.15, 0.2) is 24.3 Å². The SMILES string of the molecule is CCC(C)CC(CNCCOC)Cc1ccccc1OC. The van der Waals surface area contributed by atoms with Crippen molar-refractivity contribution in [1.29, 1.82) is 0 Å². The summed E-state index contributed by atoms with van der Waals surface area (Å²) in [7, 11) is 3.49. The Bertz CT molecular complexity index is 381. The van der Waals surface area contributed by atoms with Crippen LogP contribution in [-0.4, -0.2) is 33.9 Å². The van der Waals surface area contributed by atoms with E-state index in [-0.39, 0.29) is 0 Å². The first-order valence-corrected chi connectivity index (χ1v) is 8.02. The summed E-state index contributed by atoms with van der Waals surface area (Å²) in [5.41, 5.74) is 1.31. The standard InChI is InChI=1S/C18H31NO2/c1-5-15(2)12-16(14-19-10-11-20-3)13-17-8-6-7-9-18(17)21-4/h6-9,15-16,19H,5,10-14H2,1-4H3. The highest BCUT2D eigenvalue weighted by atomic mass is 16.5. The Balaban J connectivity index is 2.62. The first-order chi connectivity index (χ1) is 10.2. The first kappa shape index (κ1) is 18.0. The van der Waals surface area contributed by atoms with Crippen molar-refractivity contribution in [1.82, 2.24) is 5.32 Å². The first-order valence-electron chi connectivity index (χ1n) is 8.02. The average Bonchev–Trinajstić information content (AvgIpc) is 2.51. The fourth-order valence-electron chi connectivity index (χ4n) is 2.64. The highest BCUT2D eigenvalue weighted by Crippen LogP contribution is 2.24. The van der Waals surface area contributed by atoms with Crippen LogP contribution >= 0.6 is 0 Å². The van der Waals surface area contributed by atoms with E-state index in [9.17, 15) is 0 Å². The molecular weight excluding hydrogens is 262 g/mol. The summed E-state index contributed by atoms with van der Waals surface area (Å²) in [4.78, 5) is 0. The van der Waals surface area contributed by atoms with E-state index in [2.05, 4.69) is 31.3 Å². The van der Waals surface area contributed by atoms with E-state index in [0.717, 1.165) is 37.8 Å². The molecular formula is C18H31NO2. The minimum atomic E-state index is 0.633. The van der Waals surface area contributed by atoms with Crippen molar-refractivity contribution >= 4 is 0 Å². The molecule has 0 heterocycles. The summed E-state index contributed by atoms with van der Waals surface area (Å²) in [5.74, 6) is 2.39. The fourth-order valence-corrected chi connectivity index (χ4v) is 2.64. The normalized spacial score (nSPS) is 13.9. The molecule has 2 atom stereocenters. The molecule has 120 valence electrons. The summed E-state index contributed by atoms with van der Waals surface area (Å²) in [6, 6.07) is 8.35. The number of nitrogens with one attached hydrogen (secondary N) is 1. The number of rotatable bonds is 11. The lowest BCUT2D eigenvalue weighted by Crippen LogP contribution is -2.28. The maximum absolute atomic E-state index is 5.48. The molecule has 21 heavy (non-hydrogen) atoms. The van der Waals surface area contributed by atoms with E-state index >= 15 is 0 Å². The van der Waals surface area contributed by atoms with Crippen molar-refractivity contribution in [3.05, 3.63) is 29.8 Å². The van der Waals surface area contributed by atoms with Gasteiger partial charge in [0, 0.05) is 13.7 Å². The van der Waals surface area contributed by atoms with Crippen molar-refractivity contribution in [2.75, 3.05) is 33.9 Å². The second-order valence-electron chi connectivity index (χ2n) is 5.83. The van der Waals surface area contributed by atoms with E-state index in [1.807, 2.05) is 12.1 Å². The van der Waals surface area contributed by atoms with Crippen LogP contribution in [0.1, 0.15) is 32.3 Å². The molecule has 0 spiro atoms. The Morgan fingerprint density at radius 2 is 1.95 bits per heavy atom. The molecule has 0 saturated carbocycles. The zero-order chi connectivity index (χ0) is 15.5. The minimum Gasteiger partial charge on any atom is -0.496 e. The molecule has 0 amide bonds. The summed E-state index contributed by atoms with van der Waals surface area (Å²) >= 11 is 0. The van der Waals surface area contributed by atoms with Crippen LogP contribution in [0.25, 0.3) is 0 Å². The molecule has 0 fully saturated rings. The van der Waals surface area contributed by atoms with Gasteiger partial charge in [0.25, 0.3) is 0 Å². The molecule has 1 aromatic rings. The van der Waals surface area contributed by atoms with Gasteiger partial charge in [-0.2, -0.15) is 0 Å². The Kier molecular flexibility index (Phi) is 9.11. The Morgan fingerprint density at radius 1 is 1.19 bits per heavy atom. The molecule has 3 nitrogen and oxygen atoms in total. The van der Waals surface area contributed by atoms with Gasteiger partial charge in [0.1, 0.15) is 5.75 Å². The Hall–Kier alpha value is -1.06. The second-order valence-corrected chi connectivity index (χ2v) is 5.83. The third kappa shape index (κ3) is 6.96. The number of hydrogen-bond donors (Lipinski definition) is 1. The van der Waals surface area contributed by atoms with Gasteiger partial charge in [-0.25, -0.2) is 0 Å². The lowest BCUT2D eigenvalue weighted by molar-refractivity contribution is 0.196. The number of ether oxygens (including phenoxy) is 2. The van der Waals surface area contributed by atoms with Gasteiger partial charge in [0.05, 0.1) is 13.7 Å². The highest BCUT2D eigenvalue weighted by molar-refractivity contribution is 5.33. The smallest absolute Gasteiger partial charge is 0.122 e. The molecule has 0 bridgehead atoms. The molecule has 0 aliphatic carbocycles. The van der Waals surface area contributed by atoms with E-state index in [0.29, 0.717) is 5.92 Å². The van der Waals surface area contributed by atoms with Gasteiger partial charge in [0.15, 0.2) is 0 Å².